The molecule has 7 heteroatoms. The van der Waals surface area contributed by atoms with Gasteiger partial charge in [0.05, 0.1) is 12.5 Å². The lowest BCUT2D eigenvalue weighted by Crippen LogP contribution is -2.19. The van der Waals surface area contributed by atoms with Crippen LogP contribution in [0.5, 0.6) is 5.75 Å². The summed E-state index contributed by atoms with van der Waals surface area (Å²) in [6.45, 7) is 0. The molecule has 0 atom stereocenters. The first-order valence-electron chi connectivity index (χ1n) is 4.82. The van der Waals surface area contributed by atoms with E-state index in [0.717, 1.165) is 12.1 Å². The lowest BCUT2D eigenvalue weighted by Gasteiger charge is -2.11. The number of hydrogen-bond donors (Lipinski definition) is 1. The largest absolute Gasteiger partial charge is 0.573 e. The van der Waals surface area contributed by atoms with Gasteiger partial charge in [0.25, 0.3) is 0 Å². The predicted octanol–water partition coefficient (Wildman–Crippen LogP) is 2.55. The lowest BCUT2D eigenvalue weighted by molar-refractivity contribution is -0.274. The third kappa shape index (κ3) is 4.60. The Bertz CT molecular complexity index is 591. The normalized spacial score (nSPS) is 10.0. The molecule has 0 aliphatic carbocycles. The highest BCUT2D eigenvalue weighted by molar-refractivity contribution is 5.91. The first-order valence-corrected chi connectivity index (χ1v) is 4.82. The van der Waals surface area contributed by atoms with E-state index in [1.807, 2.05) is 0 Å². The van der Waals surface area contributed by atoms with Crippen LogP contribution < -0.4 is 4.74 Å². The van der Waals surface area contributed by atoms with E-state index in [1.54, 1.807) is 6.07 Å². The van der Waals surface area contributed by atoms with E-state index >= 15 is 0 Å². The zero-order valence-corrected chi connectivity index (χ0v) is 9.28. The molecule has 1 aromatic carbocycles. The van der Waals surface area contributed by atoms with Crippen molar-refractivity contribution in [2.45, 2.75) is 12.8 Å². The SMILES string of the molecule is N#CCC#Cc1ccc(C(=O)O)c(OC(F)(F)F)c1. The molecule has 1 N–H and O–H groups in total. The standard InChI is InChI=1S/C12H6F3NO3/c13-12(14,15)19-10-7-8(3-1-2-6-16)4-5-9(10)11(17)18/h4-5,7H,2H2,(H,17,18). The average Bonchev–Trinajstić information content (AvgIpc) is 2.27. The van der Waals surface area contributed by atoms with Crippen LogP contribution in [-0.2, 0) is 0 Å². The van der Waals surface area contributed by atoms with E-state index in [2.05, 4.69) is 16.6 Å². The van der Waals surface area contributed by atoms with Crippen LogP contribution in [0.1, 0.15) is 22.3 Å². The molecule has 1 rings (SSSR count). The van der Waals surface area contributed by atoms with E-state index in [9.17, 15) is 18.0 Å². The molecule has 0 saturated heterocycles. The fourth-order valence-corrected chi connectivity index (χ4v) is 1.17. The number of carboxylic acid groups (broad SMARTS) is 1. The van der Waals surface area contributed by atoms with Crippen LogP contribution in [0.4, 0.5) is 13.2 Å². The number of ether oxygens (including phenoxy) is 1. The van der Waals surface area contributed by atoms with Gasteiger partial charge in [-0.2, -0.15) is 5.26 Å². The molecule has 0 aromatic heterocycles. The van der Waals surface area contributed by atoms with Crippen LogP contribution >= 0.6 is 0 Å². The predicted molar refractivity (Wildman–Crippen MR) is 57.2 cm³/mol. The molecule has 0 saturated carbocycles. The van der Waals surface area contributed by atoms with Crippen LogP contribution in [0, 0.1) is 23.2 Å². The van der Waals surface area contributed by atoms with Crippen LogP contribution in [0.3, 0.4) is 0 Å². The minimum Gasteiger partial charge on any atom is -0.478 e. The van der Waals surface area contributed by atoms with Gasteiger partial charge in [0.2, 0.25) is 0 Å². The van der Waals surface area contributed by atoms with Crippen molar-refractivity contribution in [2.24, 2.45) is 0 Å². The first-order chi connectivity index (χ1) is 8.83. The maximum atomic E-state index is 12.1. The molecule has 0 fully saturated rings. The lowest BCUT2D eigenvalue weighted by atomic mass is 10.1. The molecule has 98 valence electrons. The highest BCUT2D eigenvalue weighted by Gasteiger charge is 2.33. The summed E-state index contributed by atoms with van der Waals surface area (Å²) in [7, 11) is 0. The Balaban J connectivity index is 3.17. The Kier molecular flexibility index (Phi) is 4.38. The molecular weight excluding hydrogens is 263 g/mol. The number of hydrogen-bond acceptors (Lipinski definition) is 3. The number of rotatable bonds is 2. The Morgan fingerprint density at radius 1 is 1.42 bits per heavy atom. The molecule has 0 bridgehead atoms. The van der Waals surface area contributed by atoms with Crippen molar-refractivity contribution in [3.05, 3.63) is 29.3 Å². The summed E-state index contributed by atoms with van der Waals surface area (Å²) in [5.41, 5.74) is -0.498. The molecule has 0 amide bonds. The van der Waals surface area contributed by atoms with E-state index in [0.29, 0.717) is 0 Å². The van der Waals surface area contributed by atoms with Gasteiger partial charge in [-0.25, -0.2) is 4.79 Å². The topological polar surface area (TPSA) is 70.3 Å². The fourth-order valence-electron chi connectivity index (χ4n) is 1.17. The third-order valence-corrected chi connectivity index (χ3v) is 1.84. The quantitative estimate of drug-likeness (QED) is 0.837. The fraction of sp³-hybridized carbons (Fsp3) is 0.167. The van der Waals surface area contributed by atoms with Gasteiger partial charge in [-0.15, -0.1) is 13.2 Å². The Labute approximate surface area is 106 Å². The molecule has 0 unspecified atom stereocenters. The highest BCUT2D eigenvalue weighted by atomic mass is 19.4. The van der Waals surface area contributed by atoms with Crippen molar-refractivity contribution >= 4 is 5.97 Å². The number of nitrogens with zero attached hydrogens (tertiary/aromatic N) is 1. The van der Waals surface area contributed by atoms with E-state index in [4.69, 9.17) is 10.4 Å². The Hall–Kier alpha value is -2.67. The summed E-state index contributed by atoms with van der Waals surface area (Å²) in [5.74, 6) is 2.43. The summed E-state index contributed by atoms with van der Waals surface area (Å²) in [6, 6.07) is 4.80. The average molecular weight is 269 g/mol. The molecule has 0 aliphatic rings. The number of aromatic carboxylic acids is 1. The van der Waals surface area contributed by atoms with E-state index in [-0.39, 0.29) is 12.0 Å². The van der Waals surface area contributed by atoms with Gasteiger partial charge < -0.3 is 9.84 Å². The molecule has 0 radical (unpaired) electrons. The first kappa shape index (κ1) is 14.4. The molecular formula is C12H6F3NO3. The second-order valence-electron chi connectivity index (χ2n) is 3.20. The summed E-state index contributed by atoms with van der Waals surface area (Å²) >= 11 is 0. The summed E-state index contributed by atoms with van der Waals surface area (Å²) in [5, 5.41) is 17.0. The molecule has 0 spiro atoms. The van der Waals surface area contributed by atoms with Crippen molar-refractivity contribution in [1.29, 1.82) is 5.26 Å². The second kappa shape index (κ2) is 5.78. The van der Waals surface area contributed by atoms with Gasteiger partial charge in [0.1, 0.15) is 11.3 Å². The number of halogens is 3. The van der Waals surface area contributed by atoms with Crippen LogP contribution in [0.2, 0.25) is 0 Å². The monoisotopic (exact) mass is 269 g/mol. The van der Waals surface area contributed by atoms with Crippen LogP contribution in [0.15, 0.2) is 18.2 Å². The molecule has 0 aliphatic heterocycles. The Morgan fingerprint density at radius 2 is 2.11 bits per heavy atom. The molecule has 1 aromatic rings. The number of carboxylic acids is 1. The van der Waals surface area contributed by atoms with Crippen molar-refractivity contribution in [2.75, 3.05) is 0 Å². The van der Waals surface area contributed by atoms with Gasteiger partial charge >= 0.3 is 12.3 Å². The maximum Gasteiger partial charge on any atom is 0.573 e. The van der Waals surface area contributed by atoms with Crippen LogP contribution in [-0.4, -0.2) is 17.4 Å². The highest BCUT2D eigenvalue weighted by Crippen LogP contribution is 2.27. The number of benzene rings is 1. The molecule has 0 heterocycles. The van der Waals surface area contributed by atoms with Gasteiger partial charge in [-0.1, -0.05) is 11.8 Å². The number of alkyl halides is 3. The minimum atomic E-state index is -5.00. The summed E-state index contributed by atoms with van der Waals surface area (Å²) in [6.07, 6.45) is -5.08. The minimum absolute atomic E-state index is 0.0872. The summed E-state index contributed by atoms with van der Waals surface area (Å²) < 4.78 is 40.0. The zero-order chi connectivity index (χ0) is 14.5. The molecule has 19 heavy (non-hydrogen) atoms. The van der Waals surface area contributed by atoms with E-state index < -0.39 is 23.6 Å². The Morgan fingerprint density at radius 3 is 2.63 bits per heavy atom. The smallest absolute Gasteiger partial charge is 0.478 e. The van der Waals surface area contributed by atoms with E-state index in [1.165, 1.54) is 6.07 Å². The zero-order valence-electron chi connectivity index (χ0n) is 9.28. The van der Waals surface area contributed by atoms with Crippen molar-refractivity contribution < 1.29 is 27.8 Å². The van der Waals surface area contributed by atoms with Crippen molar-refractivity contribution in [1.82, 2.24) is 0 Å². The summed E-state index contributed by atoms with van der Waals surface area (Å²) in [4.78, 5) is 10.8. The molecule has 4 nitrogen and oxygen atoms in total. The van der Waals surface area contributed by atoms with Gasteiger partial charge in [-0.05, 0) is 18.2 Å². The number of carbonyl (C=O) groups is 1. The van der Waals surface area contributed by atoms with Gasteiger partial charge in [0.15, 0.2) is 0 Å². The van der Waals surface area contributed by atoms with Crippen molar-refractivity contribution in [3.63, 3.8) is 0 Å². The number of nitriles is 1. The maximum absolute atomic E-state index is 12.1. The van der Waals surface area contributed by atoms with Gasteiger partial charge in [-0.3, -0.25) is 0 Å². The van der Waals surface area contributed by atoms with Crippen LogP contribution in [0.25, 0.3) is 0 Å². The second-order valence-corrected chi connectivity index (χ2v) is 3.20. The third-order valence-electron chi connectivity index (χ3n) is 1.84. The van der Waals surface area contributed by atoms with Gasteiger partial charge in [0, 0.05) is 5.56 Å². The van der Waals surface area contributed by atoms with Crippen molar-refractivity contribution in [3.8, 4) is 23.7 Å².